The van der Waals surface area contributed by atoms with E-state index in [0.29, 0.717) is 6.04 Å². The molecule has 0 saturated carbocycles. The third kappa shape index (κ3) is 1.99. The SMILES string of the molecule is CC(C)Nc1ncnc2sc3c(c12)CC[C@@H](C)C3. The van der Waals surface area contributed by atoms with Crippen molar-refractivity contribution in [3.63, 3.8) is 0 Å². The van der Waals surface area contributed by atoms with Crippen LogP contribution in [0.15, 0.2) is 6.33 Å². The molecule has 18 heavy (non-hydrogen) atoms. The van der Waals surface area contributed by atoms with E-state index >= 15 is 0 Å². The van der Waals surface area contributed by atoms with E-state index in [1.165, 1.54) is 35.1 Å². The largest absolute Gasteiger partial charge is 0.367 e. The summed E-state index contributed by atoms with van der Waals surface area (Å²) in [5.41, 5.74) is 1.50. The minimum atomic E-state index is 0.404. The van der Waals surface area contributed by atoms with E-state index in [1.54, 1.807) is 6.33 Å². The van der Waals surface area contributed by atoms with Crippen LogP contribution in [0.5, 0.6) is 0 Å². The summed E-state index contributed by atoms with van der Waals surface area (Å²) >= 11 is 1.85. The van der Waals surface area contributed by atoms with Crippen molar-refractivity contribution in [2.24, 2.45) is 5.92 Å². The molecule has 0 spiro atoms. The molecule has 0 aliphatic heterocycles. The van der Waals surface area contributed by atoms with Crippen LogP contribution in [0.3, 0.4) is 0 Å². The number of rotatable bonds is 2. The van der Waals surface area contributed by atoms with Crippen molar-refractivity contribution in [1.29, 1.82) is 0 Å². The minimum absolute atomic E-state index is 0.404. The van der Waals surface area contributed by atoms with Crippen molar-refractivity contribution in [1.82, 2.24) is 9.97 Å². The lowest BCUT2D eigenvalue weighted by molar-refractivity contribution is 0.509. The Morgan fingerprint density at radius 3 is 3.00 bits per heavy atom. The molecule has 3 rings (SSSR count). The second-order valence-electron chi connectivity index (χ2n) is 5.55. The van der Waals surface area contributed by atoms with Crippen LogP contribution in [0.4, 0.5) is 5.82 Å². The van der Waals surface area contributed by atoms with Crippen LogP contribution in [0.2, 0.25) is 0 Å². The Morgan fingerprint density at radius 1 is 1.39 bits per heavy atom. The van der Waals surface area contributed by atoms with Gasteiger partial charge < -0.3 is 5.32 Å². The summed E-state index contributed by atoms with van der Waals surface area (Å²) in [6.45, 7) is 6.63. The van der Waals surface area contributed by atoms with Crippen molar-refractivity contribution in [3.05, 3.63) is 16.8 Å². The molecule has 1 N–H and O–H groups in total. The summed E-state index contributed by atoms with van der Waals surface area (Å²) in [5, 5.41) is 4.73. The Morgan fingerprint density at radius 2 is 2.22 bits per heavy atom. The van der Waals surface area contributed by atoms with Gasteiger partial charge in [0.05, 0.1) is 5.39 Å². The van der Waals surface area contributed by atoms with Gasteiger partial charge >= 0.3 is 0 Å². The molecule has 2 aromatic rings. The van der Waals surface area contributed by atoms with E-state index in [4.69, 9.17) is 0 Å². The first-order valence-corrected chi connectivity index (χ1v) is 7.48. The van der Waals surface area contributed by atoms with Gasteiger partial charge in [0.2, 0.25) is 0 Å². The van der Waals surface area contributed by atoms with Gasteiger partial charge in [-0.2, -0.15) is 0 Å². The van der Waals surface area contributed by atoms with Crippen LogP contribution in [0, 0.1) is 5.92 Å². The molecular formula is C14H19N3S. The van der Waals surface area contributed by atoms with Crippen molar-refractivity contribution in [2.45, 2.75) is 46.1 Å². The minimum Gasteiger partial charge on any atom is -0.367 e. The summed E-state index contributed by atoms with van der Waals surface area (Å²) in [7, 11) is 0. The molecule has 4 heteroatoms. The molecule has 0 radical (unpaired) electrons. The fourth-order valence-corrected chi connectivity index (χ4v) is 4.01. The molecule has 0 fully saturated rings. The lowest BCUT2D eigenvalue weighted by Crippen LogP contribution is -2.13. The standard InChI is InChI=1S/C14H19N3S/c1-8(2)17-13-12-10-5-4-9(3)6-11(10)18-14(12)16-7-15-13/h7-9H,4-6H2,1-3H3,(H,15,16,17)/t9-/m1/s1. The number of aryl methyl sites for hydroxylation is 1. The van der Waals surface area contributed by atoms with Crippen LogP contribution in [0.1, 0.15) is 37.6 Å². The fraction of sp³-hybridized carbons (Fsp3) is 0.571. The monoisotopic (exact) mass is 261 g/mol. The molecule has 0 saturated heterocycles. The molecule has 0 unspecified atom stereocenters. The van der Waals surface area contributed by atoms with Gasteiger partial charge in [0.15, 0.2) is 0 Å². The third-order valence-corrected chi connectivity index (χ3v) is 4.68. The number of anilines is 1. The van der Waals surface area contributed by atoms with Gasteiger partial charge in [-0.05, 0) is 44.6 Å². The molecule has 96 valence electrons. The van der Waals surface area contributed by atoms with Gasteiger partial charge in [-0.1, -0.05) is 6.92 Å². The average molecular weight is 261 g/mol. The lowest BCUT2D eigenvalue weighted by atomic mass is 9.89. The smallest absolute Gasteiger partial charge is 0.138 e. The normalized spacial score (nSPS) is 19.2. The molecule has 2 aromatic heterocycles. The molecule has 0 bridgehead atoms. The highest BCUT2D eigenvalue weighted by Gasteiger charge is 2.23. The van der Waals surface area contributed by atoms with E-state index in [-0.39, 0.29) is 0 Å². The Hall–Kier alpha value is -1.16. The van der Waals surface area contributed by atoms with Crippen molar-refractivity contribution in [2.75, 3.05) is 5.32 Å². The van der Waals surface area contributed by atoms with Crippen molar-refractivity contribution in [3.8, 4) is 0 Å². The Labute approximate surface area is 112 Å². The second-order valence-corrected chi connectivity index (χ2v) is 6.64. The van der Waals surface area contributed by atoms with E-state index in [9.17, 15) is 0 Å². The second kappa shape index (κ2) is 4.50. The maximum Gasteiger partial charge on any atom is 0.138 e. The zero-order valence-corrected chi connectivity index (χ0v) is 12.0. The Kier molecular flexibility index (Phi) is 2.98. The van der Waals surface area contributed by atoms with E-state index in [1.807, 2.05) is 11.3 Å². The highest BCUT2D eigenvalue weighted by molar-refractivity contribution is 7.19. The van der Waals surface area contributed by atoms with Crippen molar-refractivity contribution >= 4 is 27.4 Å². The number of aromatic nitrogens is 2. The summed E-state index contributed by atoms with van der Waals surface area (Å²) in [6, 6.07) is 0.404. The lowest BCUT2D eigenvalue weighted by Gasteiger charge is -2.18. The van der Waals surface area contributed by atoms with Crippen LogP contribution in [-0.4, -0.2) is 16.0 Å². The number of nitrogens with one attached hydrogen (secondary N) is 1. The van der Waals surface area contributed by atoms with Gasteiger partial charge in [-0.25, -0.2) is 9.97 Å². The molecule has 1 aliphatic rings. The number of hydrogen-bond donors (Lipinski definition) is 1. The topological polar surface area (TPSA) is 37.8 Å². The molecule has 2 heterocycles. The third-order valence-electron chi connectivity index (χ3n) is 3.52. The first kappa shape index (κ1) is 11.9. The Balaban J connectivity index is 2.15. The average Bonchev–Trinajstić information content (AvgIpc) is 2.66. The number of thiophene rings is 1. The first-order chi connectivity index (χ1) is 8.65. The summed E-state index contributed by atoms with van der Waals surface area (Å²) < 4.78 is 0. The van der Waals surface area contributed by atoms with Gasteiger partial charge in [0.1, 0.15) is 17.0 Å². The zero-order chi connectivity index (χ0) is 12.7. The van der Waals surface area contributed by atoms with E-state index in [2.05, 4.69) is 36.1 Å². The Bertz CT molecular complexity index is 574. The number of nitrogens with zero attached hydrogens (tertiary/aromatic N) is 2. The van der Waals surface area contributed by atoms with E-state index in [0.717, 1.165) is 16.6 Å². The number of hydrogen-bond acceptors (Lipinski definition) is 4. The fourth-order valence-electron chi connectivity index (χ4n) is 2.66. The van der Waals surface area contributed by atoms with Crippen molar-refractivity contribution < 1.29 is 0 Å². The van der Waals surface area contributed by atoms with Gasteiger partial charge in [0.25, 0.3) is 0 Å². The first-order valence-electron chi connectivity index (χ1n) is 6.67. The summed E-state index contributed by atoms with van der Waals surface area (Å²) in [4.78, 5) is 11.5. The van der Waals surface area contributed by atoms with Crippen LogP contribution < -0.4 is 5.32 Å². The van der Waals surface area contributed by atoms with Gasteiger partial charge in [-0.15, -0.1) is 11.3 Å². The molecular weight excluding hydrogens is 242 g/mol. The molecule has 3 nitrogen and oxygen atoms in total. The van der Waals surface area contributed by atoms with Crippen LogP contribution >= 0.6 is 11.3 Å². The van der Waals surface area contributed by atoms with Gasteiger partial charge in [0, 0.05) is 10.9 Å². The summed E-state index contributed by atoms with van der Waals surface area (Å²) in [6.07, 6.45) is 5.35. The maximum atomic E-state index is 4.45. The van der Waals surface area contributed by atoms with Crippen LogP contribution in [-0.2, 0) is 12.8 Å². The molecule has 1 atom stereocenters. The number of fused-ring (bicyclic) bond motifs is 3. The predicted octanol–water partition coefficient (Wildman–Crippen LogP) is 3.64. The molecule has 1 aliphatic carbocycles. The quantitative estimate of drug-likeness (QED) is 0.897. The highest BCUT2D eigenvalue weighted by atomic mass is 32.1. The zero-order valence-electron chi connectivity index (χ0n) is 11.2. The molecule has 0 aromatic carbocycles. The predicted molar refractivity (Wildman–Crippen MR) is 77.4 cm³/mol. The summed E-state index contributed by atoms with van der Waals surface area (Å²) in [5.74, 6) is 1.82. The van der Waals surface area contributed by atoms with Gasteiger partial charge in [-0.3, -0.25) is 0 Å². The maximum absolute atomic E-state index is 4.45. The molecule has 0 amide bonds. The highest BCUT2D eigenvalue weighted by Crippen LogP contribution is 2.39. The van der Waals surface area contributed by atoms with Crippen LogP contribution in [0.25, 0.3) is 10.2 Å². The van der Waals surface area contributed by atoms with E-state index < -0.39 is 0 Å².